The van der Waals surface area contributed by atoms with E-state index in [0.29, 0.717) is 0 Å². The molecule has 0 bridgehead atoms. The van der Waals surface area contributed by atoms with E-state index < -0.39 is 0 Å². The Morgan fingerprint density at radius 3 is 2.64 bits per heavy atom. The number of hydrogen-bond donors (Lipinski definition) is 0. The maximum Gasteiger partial charge on any atom is 0.137 e. The van der Waals surface area contributed by atoms with Crippen molar-refractivity contribution in [3.63, 3.8) is 0 Å². The van der Waals surface area contributed by atoms with Crippen LogP contribution in [0.2, 0.25) is 0 Å². The van der Waals surface area contributed by atoms with Crippen LogP contribution in [-0.2, 0) is 0 Å². The number of aryl methyl sites for hydroxylation is 2. The molecule has 0 aliphatic carbocycles. The summed E-state index contributed by atoms with van der Waals surface area (Å²) < 4.78 is 6.88. The number of ether oxygens (including phenoxy) is 1. The summed E-state index contributed by atoms with van der Waals surface area (Å²) in [7, 11) is 0. The van der Waals surface area contributed by atoms with Gasteiger partial charge in [-0.05, 0) is 44.0 Å². The minimum Gasteiger partial charge on any atom is -0.492 e. The van der Waals surface area contributed by atoms with E-state index in [-0.39, 0.29) is 0 Å². The van der Waals surface area contributed by atoms with Gasteiger partial charge in [-0.1, -0.05) is 0 Å². The van der Waals surface area contributed by atoms with Crippen LogP contribution in [-0.4, -0.2) is 6.61 Å². The summed E-state index contributed by atoms with van der Waals surface area (Å²) in [6, 6.07) is 4.45. The summed E-state index contributed by atoms with van der Waals surface area (Å²) in [6.45, 7) is 7.04. The minimum atomic E-state index is 0.735. The molecular formula is C12H14OS. The van der Waals surface area contributed by atoms with E-state index in [1.54, 1.807) is 11.3 Å². The topological polar surface area (TPSA) is 9.23 Å². The average Bonchev–Trinajstić information content (AvgIpc) is 2.51. The van der Waals surface area contributed by atoms with Crippen LogP contribution in [0, 0.1) is 13.8 Å². The Hall–Kier alpha value is -1.02. The molecule has 2 rings (SSSR count). The average molecular weight is 206 g/mol. The lowest BCUT2D eigenvalue weighted by Gasteiger charge is -2.03. The highest BCUT2D eigenvalue weighted by Crippen LogP contribution is 2.33. The molecule has 0 unspecified atom stereocenters. The Labute approximate surface area is 88.3 Å². The molecule has 1 nitrogen and oxygen atoms in total. The van der Waals surface area contributed by atoms with Crippen LogP contribution in [0.5, 0.6) is 5.75 Å². The Kier molecular flexibility index (Phi) is 2.46. The third-order valence-corrected chi connectivity index (χ3v) is 3.38. The second kappa shape index (κ2) is 3.62. The Morgan fingerprint density at radius 1 is 1.21 bits per heavy atom. The minimum absolute atomic E-state index is 0.735. The first-order valence-electron chi connectivity index (χ1n) is 4.83. The Bertz CT molecular complexity index is 457. The van der Waals surface area contributed by atoms with Gasteiger partial charge in [0.1, 0.15) is 5.75 Å². The SMILES string of the molecule is CCOc1csc2cc(C)c(C)cc12. The fourth-order valence-electron chi connectivity index (χ4n) is 1.53. The second-order valence-corrected chi connectivity index (χ2v) is 4.38. The molecule has 0 spiro atoms. The van der Waals surface area contributed by atoms with Gasteiger partial charge in [0.2, 0.25) is 0 Å². The van der Waals surface area contributed by atoms with E-state index in [1.807, 2.05) is 6.92 Å². The molecule has 2 heteroatoms. The van der Waals surface area contributed by atoms with Crippen LogP contribution < -0.4 is 4.74 Å². The van der Waals surface area contributed by atoms with Gasteiger partial charge in [-0.15, -0.1) is 11.3 Å². The second-order valence-electron chi connectivity index (χ2n) is 3.47. The lowest BCUT2D eigenvalue weighted by Crippen LogP contribution is -1.89. The predicted octanol–water partition coefficient (Wildman–Crippen LogP) is 3.92. The highest BCUT2D eigenvalue weighted by molar-refractivity contribution is 7.17. The largest absolute Gasteiger partial charge is 0.492 e. The van der Waals surface area contributed by atoms with Crippen molar-refractivity contribution < 1.29 is 4.74 Å². The van der Waals surface area contributed by atoms with Gasteiger partial charge in [-0.2, -0.15) is 0 Å². The van der Waals surface area contributed by atoms with Crippen molar-refractivity contribution >= 4 is 21.4 Å². The molecule has 0 N–H and O–H groups in total. The highest BCUT2D eigenvalue weighted by atomic mass is 32.1. The summed E-state index contributed by atoms with van der Waals surface area (Å²) in [5, 5.41) is 3.34. The van der Waals surface area contributed by atoms with Crippen molar-refractivity contribution in [1.29, 1.82) is 0 Å². The predicted molar refractivity (Wildman–Crippen MR) is 62.5 cm³/mol. The molecule has 2 aromatic rings. The van der Waals surface area contributed by atoms with Gasteiger partial charge < -0.3 is 4.74 Å². The molecule has 0 saturated heterocycles. The molecule has 0 radical (unpaired) electrons. The molecule has 0 saturated carbocycles. The molecule has 14 heavy (non-hydrogen) atoms. The molecule has 1 aromatic heterocycles. The van der Waals surface area contributed by atoms with Crippen LogP contribution in [0.15, 0.2) is 17.5 Å². The normalized spacial score (nSPS) is 10.8. The molecule has 0 fully saturated rings. The van der Waals surface area contributed by atoms with Crippen LogP contribution >= 0.6 is 11.3 Å². The molecule has 0 aliphatic heterocycles. The van der Waals surface area contributed by atoms with E-state index in [1.165, 1.54) is 21.2 Å². The smallest absolute Gasteiger partial charge is 0.137 e. The van der Waals surface area contributed by atoms with Crippen LogP contribution in [0.25, 0.3) is 10.1 Å². The van der Waals surface area contributed by atoms with E-state index >= 15 is 0 Å². The van der Waals surface area contributed by atoms with Gasteiger partial charge in [0.05, 0.1) is 6.61 Å². The van der Waals surface area contributed by atoms with Crippen molar-refractivity contribution in [2.75, 3.05) is 6.61 Å². The monoisotopic (exact) mass is 206 g/mol. The molecule has 0 amide bonds. The first-order chi connectivity index (χ1) is 6.72. The third-order valence-electron chi connectivity index (χ3n) is 2.45. The van der Waals surface area contributed by atoms with E-state index in [4.69, 9.17) is 4.74 Å². The van der Waals surface area contributed by atoms with Gasteiger partial charge in [-0.25, -0.2) is 0 Å². The summed E-state index contributed by atoms with van der Waals surface area (Å²) in [5.74, 6) is 1.02. The molecular weight excluding hydrogens is 192 g/mol. The fraction of sp³-hybridized carbons (Fsp3) is 0.333. The zero-order valence-corrected chi connectivity index (χ0v) is 9.57. The fourth-order valence-corrected chi connectivity index (χ4v) is 2.49. The van der Waals surface area contributed by atoms with Gasteiger partial charge in [-0.3, -0.25) is 0 Å². The lowest BCUT2D eigenvalue weighted by atomic mass is 10.1. The van der Waals surface area contributed by atoms with Crippen molar-refractivity contribution in [1.82, 2.24) is 0 Å². The van der Waals surface area contributed by atoms with Crippen LogP contribution in [0.1, 0.15) is 18.1 Å². The first kappa shape index (κ1) is 9.53. The van der Waals surface area contributed by atoms with Crippen molar-refractivity contribution in [2.45, 2.75) is 20.8 Å². The molecule has 1 heterocycles. The van der Waals surface area contributed by atoms with Crippen molar-refractivity contribution in [3.05, 3.63) is 28.6 Å². The third kappa shape index (κ3) is 1.50. The number of rotatable bonds is 2. The zero-order chi connectivity index (χ0) is 10.1. The number of benzene rings is 1. The molecule has 0 aliphatic rings. The summed E-state index contributed by atoms with van der Waals surface area (Å²) >= 11 is 1.75. The van der Waals surface area contributed by atoms with E-state index in [9.17, 15) is 0 Å². The number of thiophene rings is 1. The number of fused-ring (bicyclic) bond motifs is 1. The zero-order valence-electron chi connectivity index (χ0n) is 8.76. The number of hydrogen-bond acceptors (Lipinski definition) is 2. The van der Waals surface area contributed by atoms with Crippen LogP contribution in [0.4, 0.5) is 0 Å². The molecule has 1 aromatic carbocycles. The lowest BCUT2D eigenvalue weighted by molar-refractivity contribution is 0.345. The summed E-state index contributed by atoms with van der Waals surface area (Å²) in [4.78, 5) is 0. The van der Waals surface area contributed by atoms with Gasteiger partial charge in [0, 0.05) is 15.5 Å². The maximum absolute atomic E-state index is 5.56. The standard InChI is InChI=1S/C12H14OS/c1-4-13-11-7-14-12-6-9(3)8(2)5-10(11)12/h5-7H,4H2,1-3H3. The van der Waals surface area contributed by atoms with Gasteiger partial charge in [0.15, 0.2) is 0 Å². The van der Waals surface area contributed by atoms with Crippen LogP contribution in [0.3, 0.4) is 0 Å². The van der Waals surface area contributed by atoms with Crippen molar-refractivity contribution in [3.8, 4) is 5.75 Å². The summed E-state index contributed by atoms with van der Waals surface area (Å²) in [5.41, 5.74) is 2.68. The van der Waals surface area contributed by atoms with E-state index in [0.717, 1.165) is 12.4 Å². The molecule has 0 atom stereocenters. The quantitative estimate of drug-likeness (QED) is 0.723. The molecule has 74 valence electrons. The van der Waals surface area contributed by atoms with E-state index in [2.05, 4.69) is 31.4 Å². The maximum atomic E-state index is 5.56. The first-order valence-corrected chi connectivity index (χ1v) is 5.71. The van der Waals surface area contributed by atoms with Crippen molar-refractivity contribution in [2.24, 2.45) is 0 Å². The highest BCUT2D eigenvalue weighted by Gasteiger charge is 2.05. The van der Waals surface area contributed by atoms with Gasteiger partial charge in [0.25, 0.3) is 0 Å². The Balaban J connectivity index is 2.61. The van der Waals surface area contributed by atoms with Gasteiger partial charge >= 0.3 is 0 Å². The Morgan fingerprint density at radius 2 is 1.93 bits per heavy atom. The summed E-state index contributed by atoms with van der Waals surface area (Å²) in [6.07, 6.45) is 0.